The molecule has 0 spiro atoms. The Morgan fingerprint density at radius 2 is 1.72 bits per heavy atom. The number of benzene rings is 2. The van der Waals surface area contributed by atoms with Gasteiger partial charge in [-0.2, -0.15) is 0 Å². The highest BCUT2D eigenvalue weighted by Gasteiger charge is 2.50. The van der Waals surface area contributed by atoms with Crippen molar-refractivity contribution in [1.82, 2.24) is 20.1 Å². The Labute approximate surface area is 213 Å². The number of likely N-dealkylation sites (tertiary alicyclic amines) is 1. The molecule has 1 N–H and O–H groups in total. The molecule has 1 saturated heterocycles. The smallest absolute Gasteiger partial charge is 0.256 e. The molecule has 2 heterocycles. The van der Waals surface area contributed by atoms with Crippen LogP contribution in [0.4, 0.5) is 0 Å². The summed E-state index contributed by atoms with van der Waals surface area (Å²) in [5, 5.41) is 3.02. The molecule has 186 valence electrons. The molecule has 3 aromatic rings. The van der Waals surface area contributed by atoms with Gasteiger partial charge >= 0.3 is 0 Å². The van der Waals surface area contributed by atoms with Gasteiger partial charge in [0, 0.05) is 38.6 Å². The Balaban J connectivity index is 1.71. The number of carbonyl (C=O) groups excluding carboxylic acids is 2. The average Bonchev–Trinajstić information content (AvgIpc) is 2.94. The maximum absolute atomic E-state index is 14.1. The zero-order valence-corrected chi connectivity index (χ0v) is 20.8. The minimum Gasteiger partial charge on any atom is -0.351 e. The number of rotatable bonds is 9. The zero-order valence-electron chi connectivity index (χ0n) is 20.8. The van der Waals surface area contributed by atoms with Gasteiger partial charge in [0.15, 0.2) is 0 Å². The lowest BCUT2D eigenvalue weighted by molar-refractivity contribution is -0.137. The van der Waals surface area contributed by atoms with E-state index in [0.717, 1.165) is 12.1 Å². The van der Waals surface area contributed by atoms with E-state index in [4.69, 9.17) is 0 Å². The third kappa shape index (κ3) is 5.55. The third-order valence-electron chi connectivity index (χ3n) is 7.02. The molecule has 6 heteroatoms. The Hall–Kier alpha value is -3.77. The highest BCUT2D eigenvalue weighted by molar-refractivity contribution is 5.99. The summed E-state index contributed by atoms with van der Waals surface area (Å²) in [6, 6.07) is 23.5. The molecule has 0 aliphatic carbocycles. The first-order valence-electron chi connectivity index (χ1n) is 12.5. The lowest BCUT2D eigenvalue weighted by Gasteiger charge is -2.50. The summed E-state index contributed by atoms with van der Waals surface area (Å²) in [7, 11) is 0. The van der Waals surface area contributed by atoms with Crippen LogP contribution in [-0.4, -0.2) is 51.8 Å². The Morgan fingerprint density at radius 1 is 1.06 bits per heavy atom. The standard InChI is InChI=1S/C30H34N4O2/c1-3-18-32-29(36)30(16-20-33(21-17-30)23-25-11-6-4-7-12-25)34(24(2)26-13-8-5-9-14-26)28(35)27-15-10-19-31-22-27/h3-15,19,22,24H,1,16-18,20-21,23H2,2H3,(H,32,36). The first kappa shape index (κ1) is 25.3. The predicted octanol–water partition coefficient (Wildman–Crippen LogP) is 4.62. The van der Waals surface area contributed by atoms with Crippen molar-refractivity contribution in [2.75, 3.05) is 19.6 Å². The SMILES string of the molecule is C=CCNC(=O)C1(N(C(=O)c2cccnc2)C(C)c2ccccc2)CCN(Cc2ccccc2)CC1. The van der Waals surface area contributed by atoms with Gasteiger partial charge < -0.3 is 10.2 Å². The molecule has 1 fully saturated rings. The summed E-state index contributed by atoms with van der Waals surface area (Å²) in [5.74, 6) is -0.327. The van der Waals surface area contributed by atoms with Crippen LogP contribution < -0.4 is 5.32 Å². The van der Waals surface area contributed by atoms with E-state index >= 15 is 0 Å². The summed E-state index contributed by atoms with van der Waals surface area (Å²) in [5.41, 5.74) is 1.69. The van der Waals surface area contributed by atoms with Gasteiger partial charge in [-0.25, -0.2) is 0 Å². The van der Waals surface area contributed by atoms with E-state index in [1.165, 1.54) is 5.56 Å². The molecule has 0 radical (unpaired) electrons. The molecule has 1 aliphatic heterocycles. The topological polar surface area (TPSA) is 65.5 Å². The van der Waals surface area contributed by atoms with E-state index < -0.39 is 5.54 Å². The number of nitrogens with one attached hydrogen (secondary N) is 1. The van der Waals surface area contributed by atoms with Crippen molar-refractivity contribution in [3.05, 3.63) is 115 Å². The molecule has 2 aromatic carbocycles. The summed E-state index contributed by atoms with van der Waals surface area (Å²) >= 11 is 0. The number of piperidine rings is 1. The maximum Gasteiger partial charge on any atom is 0.256 e. The lowest BCUT2D eigenvalue weighted by atomic mass is 9.81. The van der Waals surface area contributed by atoms with Crippen molar-refractivity contribution in [2.24, 2.45) is 0 Å². The van der Waals surface area contributed by atoms with Crippen LogP contribution in [0.15, 0.2) is 97.8 Å². The fourth-order valence-corrected chi connectivity index (χ4v) is 5.08. The largest absolute Gasteiger partial charge is 0.351 e. The van der Waals surface area contributed by atoms with Gasteiger partial charge in [0.25, 0.3) is 5.91 Å². The van der Waals surface area contributed by atoms with Crippen molar-refractivity contribution in [3.63, 3.8) is 0 Å². The molecular formula is C30H34N4O2. The fraction of sp³-hybridized carbons (Fsp3) is 0.300. The molecule has 1 atom stereocenters. The first-order chi connectivity index (χ1) is 17.5. The van der Waals surface area contributed by atoms with Gasteiger partial charge in [0.1, 0.15) is 5.54 Å². The molecule has 2 amide bonds. The Kier molecular flexibility index (Phi) is 8.28. The van der Waals surface area contributed by atoms with Crippen molar-refractivity contribution >= 4 is 11.8 Å². The number of carbonyl (C=O) groups is 2. The molecule has 1 unspecified atom stereocenters. The van der Waals surface area contributed by atoms with E-state index in [-0.39, 0.29) is 17.9 Å². The zero-order chi connectivity index (χ0) is 25.4. The van der Waals surface area contributed by atoms with Crippen LogP contribution in [-0.2, 0) is 11.3 Å². The number of nitrogens with zero attached hydrogens (tertiary/aromatic N) is 3. The molecule has 36 heavy (non-hydrogen) atoms. The highest BCUT2D eigenvalue weighted by Crippen LogP contribution is 2.38. The van der Waals surface area contributed by atoms with Crippen LogP contribution in [0.3, 0.4) is 0 Å². The van der Waals surface area contributed by atoms with Crippen LogP contribution in [0, 0.1) is 0 Å². The normalized spacial score (nSPS) is 16.0. The van der Waals surface area contributed by atoms with Crippen LogP contribution in [0.2, 0.25) is 0 Å². The van der Waals surface area contributed by atoms with Crippen molar-refractivity contribution in [1.29, 1.82) is 0 Å². The van der Waals surface area contributed by atoms with Crippen molar-refractivity contribution < 1.29 is 9.59 Å². The Bertz CT molecular complexity index is 1140. The number of hydrogen-bond donors (Lipinski definition) is 1. The minimum absolute atomic E-state index is 0.137. The first-order valence-corrected chi connectivity index (χ1v) is 12.5. The molecular weight excluding hydrogens is 448 g/mol. The molecule has 6 nitrogen and oxygen atoms in total. The van der Waals surface area contributed by atoms with Crippen LogP contribution in [0.1, 0.15) is 47.3 Å². The van der Waals surface area contributed by atoms with E-state index in [9.17, 15) is 9.59 Å². The third-order valence-corrected chi connectivity index (χ3v) is 7.02. The number of pyridine rings is 1. The molecule has 1 aromatic heterocycles. The van der Waals surface area contributed by atoms with Crippen molar-refractivity contribution in [2.45, 2.75) is 37.9 Å². The van der Waals surface area contributed by atoms with E-state index in [2.05, 4.69) is 33.9 Å². The second-order valence-corrected chi connectivity index (χ2v) is 9.30. The van der Waals surface area contributed by atoms with E-state index in [1.807, 2.05) is 55.5 Å². The summed E-state index contributed by atoms with van der Waals surface area (Å²) < 4.78 is 0. The van der Waals surface area contributed by atoms with E-state index in [0.29, 0.717) is 38.0 Å². The summed E-state index contributed by atoms with van der Waals surface area (Å²) in [4.78, 5) is 36.3. The Morgan fingerprint density at radius 3 is 2.33 bits per heavy atom. The quantitative estimate of drug-likeness (QED) is 0.452. The number of amides is 2. The molecule has 4 rings (SSSR count). The molecule has 1 aliphatic rings. The second-order valence-electron chi connectivity index (χ2n) is 9.30. The van der Waals surface area contributed by atoms with Crippen molar-refractivity contribution in [3.8, 4) is 0 Å². The lowest BCUT2D eigenvalue weighted by Crippen LogP contribution is -2.65. The van der Waals surface area contributed by atoms with Crippen LogP contribution >= 0.6 is 0 Å². The van der Waals surface area contributed by atoms with Gasteiger partial charge in [-0.3, -0.25) is 19.5 Å². The monoisotopic (exact) mass is 482 g/mol. The molecule has 0 saturated carbocycles. The van der Waals surface area contributed by atoms with Crippen LogP contribution in [0.25, 0.3) is 0 Å². The number of aromatic nitrogens is 1. The second kappa shape index (κ2) is 11.8. The fourth-order valence-electron chi connectivity index (χ4n) is 5.08. The van der Waals surface area contributed by atoms with Gasteiger partial charge in [-0.05, 0) is 43.0 Å². The van der Waals surface area contributed by atoms with Gasteiger partial charge in [-0.1, -0.05) is 66.7 Å². The van der Waals surface area contributed by atoms with Gasteiger partial charge in [-0.15, -0.1) is 6.58 Å². The maximum atomic E-state index is 14.1. The predicted molar refractivity (Wildman–Crippen MR) is 142 cm³/mol. The van der Waals surface area contributed by atoms with Gasteiger partial charge in [0.05, 0.1) is 11.6 Å². The van der Waals surface area contributed by atoms with Gasteiger partial charge in [0.2, 0.25) is 5.91 Å². The number of hydrogen-bond acceptors (Lipinski definition) is 4. The summed E-state index contributed by atoms with van der Waals surface area (Å²) in [6.45, 7) is 8.33. The van der Waals surface area contributed by atoms with Crippen LogP contribution in [0.5, 0.6) is 0 Å². The van der Waals surface area contributed by atoms with E-state index in [1.54, 1.807) is 35.5 Å². The molecule has 0 bridgehead atoms. The highest BCUT2D eigenvalue weighted by atomic mass is 16.2. The average molecular weight is 483 g/mol. The minimum atomic E-state index is -1.00. The summed E-state index contributed by atoms with van der Waals surface area (Å²) in [6.07, 6.45) is 5.96.